The van der Waals surface area contributed by atoms with Crippen molar-refractivity contribution >= 4 is 45.7 Å². The maximum atomic E-state index is 11.9. The SMILES string of the molecule is CC(OC(N)=O)(Sc1ccc(C=O)c2ccccc12)c1c(O)cc(O)c2ccccc12. The van der Waals surface area contributed by atoms with Crippen LogP contribution in [0, 0.1) is 0 Å². The number of carbonyl (C=O) groups excluding carboxylic acids is 2. The van der Waals surface area contributed by atoms with Gasteiger partial charge in [-0.2, -0.15) is 0 Å². The molecule has 4 aromatic rings. The highest BCUT2D eigenvalue weighted by atomic mass is 32.2. The van der Waals surface area contributed by atoms with Crippen molar-refractivity contribution in [2.45, 2.75) is 16.8 Å². The lowest BCUT2D eigenvalue weighted by atomic mass is 9.98. The Morgan fingerprint density at radius 1 is 0.935 bits per heavy atom. The van der Waals surface area contributed by atoms with Crippen LogP contribution in [0.1, 0.15) is 22.8 Å². The van der Waals surface area contributed by atoms with Crippen molar-refractivity contribution in [3.05, 3.63) is 77.9 Å². The molecule has 4 N–H and O–H groups in total. The summed E-state index contributed by atoms with van der Waals surface area (Å²) in [5.74, 6) is -0.328. The van der Waals surface area contributed by atoms with Gasteiger partial charge in [0.05, 0.1) is 5.56 Å². The minimum atomic E-state index is -1.44. The van der Waals surface area contributed by atoms with Crippen molar-refractivity contribution in [2.24, 2.45) is 5.73 Å². The van der Waals surface area contributed by atoms with Crippen LogP contribution in [-0.2, 0) is 9.67 Å². The van der Waals surface area contributed by atoms with Gasteiger partial charge in [-0.05, 0) is 35.2 Å². The number of ether oxygens (including phenoxy) is 1. The van der Waals surface area contributed by atoms with E-state index >= 15 is 0 Å². The summed E-state index contributed by atoms with van der Waals surface area (Å²) in [5.41, 5.74) is 6.24. The lowest BCUT2D eigenvalue weighted by Crippen LogP contribution is -2.29. The molecule has 0 saturated heterocycles. The van der Waals surface area contributed by atoms with E-state index in [-0.39, 0.29) is 11.5 Å². The van der Waals surface area contributed by atoms with Gasteiger partial charge < -0.3 is 20.7 Å². The number of fused-ring (bicyclic) bond motifs is 2. The Bertz CT molecular complexity index is 1340. The molecule has 0 bridgehead atoms. The molecule has 1 amide bonds. The largest absolute Gasteiger partial charge is 0.507 e. The number of carbonyl (C=O) groups is 2. The predicted molar refractivity (Wildman–Crippen MR) is 120 cm³/mol. The summed E-state index contributed by atoms with van der Waals surface area (Å²) in [6.07, 6.45) is -0.227. The second-order valence-corrected chi connectivity index (χ2v) is 8.54. The molecule has 0 aliphatic heterocycles. The summed E-state index contributed by atoms with van der Waals surface area (Å²) >= 11 is 1.18. The summed E-state index contributed by atoms with van der Waals surface area (Å²) < 4.78 is 5.55. The van der Waals surface area contributed by atoms with E-state index in [1.54, 1.807) is 43.3 Å². The highest BCUT2D eigenvalue weighted by molar-refractivity contribution is 8.00. The molecule has 0 heterocycles. The molecule has 0 fully saturated rings. The van der Waals surface area contributed by atoms with Crippen molar-refractivity contribution in [1.29, 1.82) is 0 Å². The van der Waals surface area contributed by atoms with Gasteiger partial charge in [-0.25, -0.2) is 4.79 Å². The summed E-state index contributed by atoms with van der Waals surface area (Å²) in [7, 11) is 0. The minimum absolute atomic E-state index is 0.0935. The van der Waals surface area contributed by atoms with Crippen LogP contribution in [0.4, 0.5) is 4.79 Å². The van der Waals surface area contributed by atoms with Gasteiger partial charge in [-0.3, -0.25) is 4.79 Å². The van der Waals surface area contributed by atoms with E-state index < -0.39 is 11.0 Å². The zero-order valence-corrected chi connectivity index (χ0v) is 17.3. The molecule has 0 spiro atoms. The monoisotopic (exact) mass is 433 g/mol. The van der Waals surface area contributed by atoms with Crippen LogP contribution in [0.25, 0.3) is 21.5 Å². The Balaban J connectivity index is 1.96. The van der Waals surface area contributed by atoms with Crippen LogP contribution in [-0.4, -0.2) is 22.6 Å². The summed E-state index contributed by atoms with van der Waals surface area (Å²) in [6.45, 7) is 1.63. The molecule has 0 aliphatic carbocycles. The van der Waals surface area contributed by atoms with Crippen molar-refractivity contribution in [3.8, 4) is 11.5 Å². The first kappa shape index (κ1) is 20.6. The third kappa shape index (κ3) is 3.64. The zero-order valence-electron chi connectivity index (χ0n) is 16.5. The number of phenolic OH excluding ortho intramolecular Hbond substituents is 2. The fourth-order valence-corrected chi connectivity index (χ4v) is 5.11. The topological polar surface area (TPSA) is 110 Å². The van der Waals surface area contributed by atoms with Crippen LogP contribution < -0.4 is 5.73 Å². The molecule has 0 aromatic heterocycles. The molecule has 4 aromatic carbocycles. The molecule has 7 heteroatoms. The maximum absolute atomic E-state index is 11.9. The van der Waals surface area contributed by atoms with Gasteiger partial charge in [0, 0.05) is 21.9 Å². The molecular formula is C24H19NO5S. The van der Waals surface area contributed by atoms with Crippen LogP contribution in [0.2, 0.25) is 0 Å². The summed E-state index contributed by atoms with van der Waals surface area (Å²) in [5, 5.41) is 23.6. The van der Waals surface area contributed by atoms with Gasteiger partial charge in [-0.15, -0.1) is 0 Å². The summed E-state index contributed by atoms with van der Waals surface area (Å²) in [6, 6.07) is 19.0. The van der Waals surface area contributed by atoms with E-state index in [1.807, 2.05) is 24.3 Å². The third-order valence-corrected chi connectivity index (χ3v) is 6.35. The number of thioether (sulfide) groups is 1. The Morgan fingerprint density at radius 2 is 1.55 bits per heavy atom. The quantitative estimate of drug-likeness (QED) is 0.224. The van der Waals surface area contributed by atoms with Crippen LogP contribution >= 0.6 is 11.8 Å². The lowest BCUT2D eigenvalue weighted by Gasteiger charge is -2.31. The molecule has 156 valence electrons. The number of rotatable bonds is 5. The normalized spacial score (nSPS) is 13.1. The smallest absolute Gasteiger partial charge is 0.406 e. The number of hydrogen-bond acceptors (Lipinski definition) is 6. The predicted octanol–water partition coefficient (Wildman–Crippen LogP) is 5.28. The number of phenols is 2. The lowest BCUT2D eigenvalue weighted by molar-refractivity contribution is 0.0942. The Hall–Kier alpha value is -3.71. The Kier molecular flexibility index (Phi) is 5.20. The molecule has 4 rings (SSSR count). The van der Waals surface area contributed by atoms with Crippen molar-refractivity contribution in [1.82, 2.24) is 0 Å². The molecule has 0 saturated carbocycles. The minimum Gasteiger partial charge on any atom is -0.507 e. The van der Waals surface area contributed by atoms with Crippen LogP contribution in [0.15, 0.2) is 71.6 Å². The second-order valence-electron chi connectivity index (χ2n) is 7.12. The number of aldehydes is 1. The average molecular weight is 433 g/mol. The molecular weight excluding hydrogens is 414 g/mol. The van der Waals surface area contributed by atoms with Crippen molar-refractivity contribution in [2.75, 3.05) is 0 Å². The zero-order chi connectivity index (χ0) is 22.2. The number of aromatic hydroxyl groups is 2. The third-order valence-electron chi connectivity index (χ3n) is 5.10. The number of benzene rings is 4. The number of hydrogen-bond donors (Lipinski definition) is 3. The van der Waals surface area contributed by atoms with Gasteiger partial charge in [0.1, 0.15) is 11.5 Å². The van der Waals surface area contributed by atoms with Gasteiger partial charge in [0.2, 0.25) is 0 Å². The molecule has 6 nitrogen and oxygen atoms in total. The van der Waals surface area contributed by atoms with Crippen molar-refractivity contribution in [3.63, 3.8) is 0 Å². The van der Waals surface area contributed by atoms with E-state index in [4.69, 9.17) is 10.5 Å². The van der Waals surface area contributed by atoms with Gasteiger partial charge >= 0.3 is 6.09 Å². The van der Waals surface area contributed by atoms with Gasteiger partial charge in [0.15, 0.2) is 11.2 Å². The number of primary amides is 1. The van der Waals surface area contributed by atoms with E-state index in [1.165, 1.54) is 17.8 Å². The standard InChI is InChI=1S/C24H19NO5S/c1-24(30-23(25)29,22-18-9-5-3-7-16(18)19(27)12-20(22)28)31-21-11-10-14(13-26)15-6-2-4-8-17(15)21/h2-13,27-28H,1H3,(H2,25,29). The second kappa shape index (κ2) is 7.85. The molecule has 0 radical (unpaired) electrons. The van der Waals surface area contributed by atoms with E-state index in [2.05, 4.69) is 0 Å². The summed E-state index contributed by atoms with van der Waals surface area (Å²) in [4.78, 5) is 22.6. The van der Waals surface area contributed by atoms with Crippen molar-refractivity contribution < 1.29 is 24.5 Å². The highest BCUT2D eigenvalue weighted by Crippen LogP contribution is 2.51. The molecule has 1 atom stereocenters. The molecule has 31 heavy (non-hydrogen) atoms. The number of nitrogens with two attached hydrogens (primary N) is 1. The van der Waals surface area contributed by atoms with E-state index in [0.29, 0.717) is 21.9 Å². The fraction of sp³-hybridized carbons (Fsp3) is 0.0833. The Morgan fingerprint density at radius 3 is 2.19 bits per heavy atom. The van der Waals surface area contributed by atoms with Crippen LogP contribution in [0.5, 0.6) is 11.5 Å². The molecule has 0 aliphatic rings. The maximum Gasteiger partial charge on any atom is 0.406 e. The van der Waals surface area contributed by atoms with Crippen LogP contribution in [0.3, 0.4) is 0 Å². The first-order valence-electron chi connectivity index (χ1n) is 9.42. The number of amides is 1. The first-order valence-corrected chi connectivity index (χ1v) is 10.2. The average Bonchev–Trinajstić information content (AvgIpc) is 2.73. The van der Waals surface area contributed by atoms with E-state index in [9.17, 15) is 19.8 Å². The Labute approximate surface area is 182 Å². The highest BCUT2D eigenvalue weighted by Gasteiger charge is 2.37. The van der Waals surface area contributed by atoms with Gasteiger partial charge in [0.25, 0.3) is 0 Å². The van der Waals surface area contributed by atoms with E-state index in [0.717, 1.165) is 22.0 Å². The fourth-order valence-electron chi connectivity index (χ4n) is 3.83. The first-order chi connectivity index (χ1) is 14.8. The van der Waals surface area contributed by atoms with Gasteiger partial charge in [-0.1, -0.05) is 60.3 Å². The molecule has 1 unspecified atom stereocenters.